The Morgan fingerprint density at radius 3 is 2.67 bits per heavy atom. The highest BCUT2D eigenvalue weighted by atomic mass is 15.2. The number of nitrogens with zero attached hydrogens (tertiary/aromatic N) is 3. The van der Waals surface area contributed by atoms with Crippen LogP contribution in [0.1, 0.15) is 25.3 Å². The van der Waals surface area contributed by atoms with Crippen LogP contribution in [0.5, 0.6) is 0 Å². The number of hydrogen-bond donors (Lipinski definition) is 1. The molecule has 110 valence electrons. The van der Waals surface area contributed by atoms with Crippen LogP contribution in [0.3, 0.4) is 0 Å². The lowest BCUT2D eigenvalue weighted by molar-refractivity contribution is 0.436. The lowest BCUT2D eigenvalue weighted by Crippen LogP contribution is -2.33. The van der Waals surface area contributed by atoms with Gasteiger partial charge in [0.25, 0.3) is 0 Å². The highest BCUT2D eigenvalue weighted by Crippen LogP contribution is 2.24. The molecule has 1 saturated heterocycles. The van der Waals surface area contributed by atoms with Gasteiger partial charge in [-0.3, -0.25) is 0 Å². The summed E-state index contributed by atoms with van der Waals surface area (Å²) in [5.41, 5.74) is 2.30. The predicted molar refractivity (Wildman–Crippen MR) is 87.1 cm³/mol. The van der Waals surface area contributed by atoms with Crippen molar-refractivity contribution >= 4 is 17.3 Å². The summed E-state index contributed by atoms with van der Waals surface area (Å²) in [4.78, 5) is 11.1. The van der Waals surface area contributed by atoms with Gasteiger partial charge in [-0.2, -0.15) is 0 Å². The van der Waals surface area contributed by atoms with E-state index in [1.165, 1.54) is 18.4 Å². The van der Waals surface area contributed by atoms with Crippen LogP contribution in [0.2, 0.25) is 0 Å². The van der Waals surface area contributed by atoms with E-state index in [-0.39, 0.29) is 0 Å². The van der Waals surface area contributed by atoms with Gasteiger partial charge in [-0.05, 0) is 37.3 Å². The predicted octanol–water partition coefficient (Wildman–Crippen LogP) is 3.76. The fourth-order valence-corrected chi connectivity index (χ4v) is 2.68. The van der Waals surface area contributed by atoms with Crippen molar-refractivity contribution in [2.75, 3.05) is 23.3 Å². The number of aromatic nitrogens is 2. The minimum Gasteiger partial charge on any atom is -0.356 e. The van der Waals surface area contributed by atoms with Gasteiger partial charge in [0.2, 0.25) is 0 Å². The Labute approximate surface area is 126 Å². The van der Waals surface area contributed by atoms with Crippen LogP contribution in [-0.2, 0) is 0 Å². The molecule has 0 radical (unpaired) electrons. The van der Waals surface area contributed by atoms with Crippen LogP contribution in [0.4, 0.5) is 17.3 Å². The summed E-state index contributed by atoms with van der Waals surface area (Å²) >= 11 is 0. The third kappa shape index (κ3) is 3.32. The van der Waals surface area contributed by atoms with Crippen LogP contribution in [-0.4, -0.2) is 23.1 Å². The van der Waals surface area contributed by atoms with Crippen LogP contribution in [0, 0.1) is 12.8 Å². The number of nitrogens with one attached hydrogen (secondary N) is 1. The highest BCUT2D eigenvalue weighted by molar-refractivity contribution is 5.62. The normalized spacial score (nSPS) is 16.0. The molecule has 0 bridgehead atoms. The van der Waals surface area contributed by atoms with Crippen molar-refractivity contribution in [2.45, 2.75) is 26.7 Å². The van der Waals surface area contributed by atoms with Gasteiger partial charge >= 0.3 is 0 Å². The van der Waals surface area contributed by atoms with Crippen LogP contribution >= 0.6 is 0 Å². The Bertz CT molecular complexity index is 603. The monoisotopic (exact) mass is 282 g/mol. The summed E-state index contributed by atoms with van der Waals surface area (Å²) in [5.74, 6) is 2.70. The first-order chi connectivity index (χ1) is 10.2. The van der Waals surface area contributed by atoms with Crippen molar-refractivity contribution < 1.29 is 0 Å². The van der Waals surface area contributed by atoms with E-state index in [1.54, 1.807) is 6.33 Å². The smallest absolute Gasteiger partial charge is 0.135 e. The van der Waals surface area contributed by atoms with Crippen LogP contribution in [0.25, 0.3) is 0 Å². The summed E-state index contributed by atoms with van der Waals surface area (Å²) < 4.78 is 0. The zero-order valence-electron chi connectivity index (χ0n) is 12.7. The second-order valence-corrected chi connectivity index (χ2v) is 5.87. The van der Waals surface area contributed by atoms with E-state index < -0.39 is 0 Å². The van der Waals surface area contributed by atoms with Gasteiger partial charge in [-0.15, -0.1) is 0 Å². The lowest BCUT2D eigenvalue weighted by atomic mass is 9.99. The Balaban J connectivity index is 1.76. The molecule has 2 heterocycles. The van der Waals surface area contributed by atoms with Gasteiger partial charge in [0, 0.05) is 24.8 Å². The number of anilines is 3. The zero-order chi connectivity index (χ0) is 14.7. The van der Waals surface area contributed by atoms with E-state index in [9.17, 15) is 0 Å². The summed E-state index contributed by atoms with van der Waals surface area (Å²) in [6, 6.07) is 10.3. The number of aryl methyl sites for hydroxylation is 1. The molecule has 0 aliphatic carbocycles. The largest absolute Gasteiger partial charge is 0.356 e. The first-order valence-corrected chi connectivity index (χ1v) is 7.62. The van der Waals surface area contributed by atoms with Crippen molar-refractivity contribution in [3.05, 3.63) is 42.2 Å². The average Bonchev–Trinajstić information content (AvgIpc) is 2.51. The minimum atomic E-state index is 0.827. The molecular formula is C17H22N4. The molecule has 2 aromatic rings. The second-order valence-electron chi connectivity index (χ2n) is 5.87. The average molecular weight is 282 g/mol. The molecule has 0 amide bonds. The molecule has 0 saturated carbocycles. The minimum absolute atomic E-state index is 0.827. The molecule has 4 heteroatoms. The maximum absolute atomic E-state index is 4.43. The number of para-hydroxylation sites is 1. The lowest BCUT2D eigenvalue weighted by Gasteiger charge is -2.31. The van der Waals surface area contributed by atoms with Gasteiger partial charge in [0.1, 0.15) is 18.0 Å². The van der Waals surface area contributed by atoms with E-state index in [0.29, 0.717) is 0 Å². The van der Waals surface area contributed by atoms with Crippen LogP contribution < -0.4 is 10.2 Å². The first kappa shape index (κ1) is 13.9. The molecule has 0 atom stereocenters. The molecule has 0 spiro atoms. The van der Waals surface area contributed by atoms with E-state index in [1.807, 2.05) is 18.2 Å². The van der Waals surface area contributed by atoms with E-state index in [2.05, 4.69) is 46.2 Å². The molecule has 1 aromatic heterocycles. The molecule has 1 aliphatic heterocycles. The molecule has 3 rings (SSSR count). The Hall–Kier alpha value is -2.10. The molecule has 21 heavy (non-hydrogen) atoms. The van der Waals surface area contributed by atoms with Crippen molar-refractivity contribution in [2.24, 2.45) is 5.92 Å². The molecular weight excluding hydrogens is 260 g/mol. The third-order valence-corrected chi connectivity index (χ3v) is 4.17. The fraction of sp³-hybridized carbons (Fsp3) is 0.412. The maximum atomic E-state index is 4.43. The molecule has 1 fully saturated rings. The van der Waals surface area contributed by atoms with E-state index in [4.69, 9.17) is 0 Å². The zero-order valence-corrected chi connectivity index (χ0v) is 12.7. The number of hydrogen-bond acceptors (Lipinski definition) is 4. The number of piperidine rings is 1. The van der Waals surface area contributed by atoms with Crippen molar-refractivity contribution in [1.82, 2.24) is 9.97 Å². The van der Waals surface area contributed by atoms with Gasteiger partial charge in [-0.1, -0.05) is 25.1 Å². The Morgan fingerprint density at radius 1 is 1.14 bits per heavy atom. The van der Waals surface area contributed by atoms with Crippen molar-refractivity contribution in [3.8, 4) is 0 Å². The Morgan fingerprint density at radius 2 is 1.90 bits per heavy atom. The summed E-state index contributed by atoms with van der Waals surface area (Å²) in [6.45, 7) is 6.59. The first-order valence-electron chi connectivity index (χ1n) is 7.62. The van der Waals surface area contributed by atoms with E-state index in [0.717, 1.165) is 36.3 Å². The van der Waals surface area contributed by atoms with Gasteiger partial charge in [0.05, 0.1) is 0 Å². The molecule has 4 nitrogen and oxygen atoms in total. The molecule has 1 aliphatic rings. The van der Waals surface area contributed by atoms with Crippen molar-refractivity contribution in [3.63, 3.8) is 0 Å². The number of benzene rings is 1. The maximum Gasteiger partial charge on any atom is 0.135 e. The third-order valence-electron chi connectivity index (χ3n) is 4.17. The quantitative estimate of drug-likeness (QED) is 0.930. The number of rotatable bonds is 3. The van der Waals surface area contributed by atoms with Gasteiger partial charge < -0.3 is 10.2 Å². The standard InChI is InChI=1S/C17H22N4/c1-13-7-9-21(10-8-13)17-11-16(18-12-19-17)20-15-6-4-3-5-14(15)2/h3-6,11-13H,7-10H2,1-2H3,(H,18,19,20). The molecule has 1 N–H and O–H groups in total. The second kappa shape index (κ2) is 6.12. The topological polar surface area (TPSA) is 41.0 Å². The van der Waals surface area contributed by atoms with Crippen LogP contribution in [0.15, 0.2) is 36.7 Å². The molecule has 0 unspecified atom stereocenters. The van der Waals surface area contributed by atoms with E-state index >= 15 is 0 Å². The SMILES string of the molecule is Cc1ccccc1Nc1cc(N2CCC(C)CC2)ncn1. The highest BCUT2D eigenvalue weighted by Gasteiger charge is 2.17. The summed E-state index contributed by atoms with van der Waals surface area (Å²) in [5, 5.41) is 3.38. The Kier molecular flexibility index (Phi) is 4.04. The summed E-state index contributed by atoms with van der Waals surface area (Å²) in [6.07, 6.45) is 4.13. The fourth-order valence-electron chi connectivity index (χ4n) is 2.68. The summed E-state index contributed by atoms with van der Waals surface area (Å²) in [7, 11) is 0. The van der Waals surface area contributed by atoms with Gasteiger partial charge in [-0.25, -0.2) is 9.97 Å². The molecule has 1 aromatic carbocycles. The van der Waals surface area contributed by atoms with Gasteiger partial charge in [0.15, 0.2) is 0 Å². The van der Waals surface area contributed by atoms with Crippen molar-refractivity contribution in [1.29, 1.82) is 0 Å².